The van der Waals surface area contributed by atoms with E-state index < -0.39 is 10.0 Å². The van der Waals surface area contributed by atoms with Crippen LogP contribution in [0.1, 0.15) is 12.8 Å². The molecule has 7 heteroatoms. The Labute approximate surface area is 107 Å². The van der Waals surface area contributed by atoms with Gasteiger partial charge in [-0.05, 0) is 12.8 Å². The van der Waals surface area contributed by atoms with E-state index in [1.165, 1.54) is 4.31 Å². The van der Waals surface area contributed by atoms with Crippen molar-refractivity contribution in [1.82, 2.24) is 4.31 Å². The minimum atomic E-state index is -3.26. The van der Waals surface area contributed by atoms with Crippen LogP contribution in [0.25, 0.3) is 0 Å². The van der Waals surface area contributed by atoms with Gasteiger partial charge in [0.25, 0.3) is 0 Å². The van der Waals surface area contributed by atoms with Crippen molar-refractivity contribution in [2.24, 2.45) is 0 Å². The molecule has 0 aromatic heterocycles. The Morgan fingerprint density at radius 3 is 2.06 bits per heavy atom. The van der Waals surface area contributed by atoms with Gasteiger partial charge >= 0.3 is 0 Å². The first-order valence-electron chi connectivity index (χ1n) is 5.31. The van der Waals surface area contributed by atoms with Crippen LogP contribution < -0.4 is 0 Å². The molecular weight excluding hydrogens is 273 g/mol. The van der Waals surface area contributed by atoms with Crippen molar-refractivity contribution in [1.29, 1.82) is 0 Å². The van der Waals surface area contributed by atoms with Crippen molar-refractivity contribution in [2.45, 2.75) is 18.1 Å². The summed E-state index contributed by atoms with van der Waals surface area (Å²) in [6, 6.07) is 0. The van der Waals surface area contributed by atoms with Crippen LogP contribution in [-0.2, 0) is 14.8 Å². The summed E-state index contributed by atoms with van der Waals surface area (Å²) in [5.74, 6) is 0.582. The van der Waals surface area contributed by atoms with E-state index in [1.807, 2.05) is 0 Å². The number of sulfonamides is 1. The van der Waals surface area contributed by atoms with Gasteiger partial charge in [-0.2, -0.15) is 4.31 Å². The second kappa shape index (κ2) is 7.01. The SMILES string of the molecule is O=S(=O)(C1CCOCC1)N(CCCl)CCCl. The van der Waals surface area contributed by atoms with Gasteiger partial charge in [-0.25, -0.2) is 8.42 Å². The molecule has 0 aliphatic carbocycles. The Hall–Kier alpha value is 0.450. The van der Waals surface area contributed by atoms with Gasteiger partial charge in [-0.1, -0.05) is 0 Å². The predicted molar refractivity (Wildman–Crippen MR) is 65.8 cm³/mol. The third-order valence-corrected chi connectivity index (χ3v) is 5.35. The van der Waals surface area contributed by atoms with Gasteiger partial charge in [-0.3, -0.25) is 0 Å². The number of hydrogen-bond donors (Lipinski definition) is 0. The standard InChI is InChI=1S/C9H17Cl2NO3S/c10-3-5-12(6-4-11)16(13,14)9-1-7-15-8-2-9/h9H,1-8H2. The largest absolute Gasteiger partial charge is 0.381 e. The quantitative estimate of drug-likeness (QED) is 0.692. The minimum Gasteiger partial charge on any atom is -0.381 e. The number of rotatable bonds is 6. The molecule has 16 heavy (non-hydrogen) atoms. The average molecular weight is 290 g/mol. The van der Waals surface area contributed by atoms with Gasteiger partial charge in [0, 0.05) is 38.1 Å². The molecule has 0 amide bonds. The van der Waals surface area contributed by atoms with Crippen molar-refractivity contribution >= 4 is 33.2 Å². The van der Waals surface area contributed by atoms with Crippen LogP contribution >= 0.6 is 23.2 Å². The summed E-state index contributed by atoms with van der Waals surface area (Å²) in [6.07, 6.45) is 1.12. The van der Waals surface area contributed by atoms with Crippen LogP contribution in [0, 0.1) is 0 Å². The summed E-state index contributed by atoms with van der Waals surface area (Å²) in [4.78, 5) is 0. The number of nitrogens with zero attached hydrogens (tertiary/aromatic N) is 1. The van der Waals surface area contributed by atoms with Crippen LogP contribution in [0.5, 0.6) is 0 Å². The van der Waals surface area contributed by atoms with E-state index in [9.17, 15) is 8.42 Å². The summed E-state index contributed by atoms with van der Waals surface area (Å²) in [5.41, 5.74) is 0. The normalized spacial score (nSPS) is 19.2. The molecule has 1 saturated heterocycles. The molecule has 0 bridgehead atoms. The summed E-state index contributed by atoms with van der Waals surface area (Å²) < 4.78 is 31.0. The lowest BCUT2D eigenvalue weighted by Crippen LogP contribution is -2.43. The molecule has 0 aromatic carbocycles. The first-order chi connectivity index (χ1) is 7.62. The van der Waals surface area contributed by atoms with Crippen molar-refractivity contribution < 1.29 is 13.2 Å². The first kappa shape index (κ1) is 14.5. The average Bonchev–Trinajstić information content (AvgIpc) is 2.30. The molecule has 0 saturated carbocycles. The van der Waals surface area contributed by atoms with Crippen LogP contribution in [0.15, 0.2) is 0 Å². The van der Waals surface area contributed by atoms with E-state index in [1.54, 1.807) is 0 Å². The Bertz CT molecular complexity index is 285. The van der Waals surface area contributed by atoms with E-state index in [-0.39, 0.29) is 5.25 Å². The second-order valence-corrected chi connectivity index (χ2v) is 6.60. The molecule has 0 spiro atoms. The van der Waals surface area contributed by atoms with E-state index >= 15 is 0 Å². The van der Waals surface area contributed by atoms with E-state index in [0.29, 0.717) is 50.9 Å². The zero-order valence-electron chi connectivity index (χ0n) is 9.07. The molecule has 0 aromatic rings. The maximum absolute atomic E-state index is 12.2. The Kier molecular flexibility index (Phi) is 6.36. The van der Waals surface area contributed by atoms with Crippen molar-refractivity contribution in [2.75, 3.05) is 38.1 Å². The minimum absolute atomic E-state index is 0.291. The number of alkyl halides is 2. The number of hydrogen-bond acceptors (Lipinski definition) is 3. The highest BCUT2D eigenvalue weighted by Gasteiger charge is 2.32. The predicted octanol–water partition coefficient (Wildman–Crippen LogP) is 1.27. The zero-order chi connectivity index (χ0) is 12.0. The fourth-order valence-corrected chi connectivity index (χ4v) is 4.25. The first-order valence-corrected chi connectivity index (χ1v) is 7.88. The van der Waals surface area contributed by atoms with Crippen LogP contribution in [0.2, 0.25) is 0 Å². The number of ether oxygens (including phenoxy) is 1. The van der Waals surface area contributed by atoms with Gasteiger partial charge in [0.05, 0.1) is 5.25 Å². The molecule has 0 radical (unpaired) electrons. The van der Waals surface area contributed by atoms with Gasteiger partial charge in [0.1, 0.15) is 0 Å². The highest BCUT2D eigenvalue weighted by Crippen LogP contribution is 2.19. The molecule has 1 aliphatic heterocycles. The summed E-state index contributed by atoms with van der Waals surface area (Å²) in [7, 11) is -3.26. The number of halogens is 2. The maximum Gasteiger partial charge on any atom is 0.217 e. The molecule has 1 heterocycles. The fraction of sp³-hybridized carbons (Fsp3) is 1.00. The lowest BCUT2D eigenvalue weighted by molar-refractivity contribution is 0.0973. The van der Waals surface area contributed by atoms with E-state index in [0.717, 1.165) is 0 Å². The third-order valence-electron chi connectivity index (χ3n) is 2.62. The van der Waals surface area contributed by atoms with Gasteiger partial charge in [0.2, 0.25) is 10.0 Å². The smallest absolute Gasteiger partial charge is 0.217 e. The van der Waals surface area contributed by atoms with Crippen LogP contribution in [0.3, 0.4) is 0 Å². The van der Waals surface area contributed by atoms with Gasteiger partial charge < -0.3 is 4.74 Å². The molecular formula is C9H17Cl2NO3S. The fourth-order valence-electron chi connectivity index (χ4n) is 1.74. The maximum atomic E-state index is 12.2. The highest BCUT2D eigenvalue weighted by molar-refractivity contribution is 7.89. The lowest BCUT2D eigenvalue weighted by atomic mass is 10.2. The monoisotopic (exact) mass is 289 g/mol. The van der Waals surface area contributed by atoms with Gasteiger partial charge in [-0.15, -0.1) is 23.2 Å². The molecule has 4 nitrogen and oxygen atoms in total. The third kappa shape index (κ3) is 3.74. The Balaban J connectivity index is 2.70. The Morgan fingerprint density at radius 2 is 1.62 bits per heavy atom. The summed E-state index contributed by atoms with van der Waals surface area (Å²) >= 11 is 11.2. The molecule has 1 fully saturated rings. The van der Waals surface area contributed by atoms with Crippen molar-refractivity contribution in [3.05, 3.63) is 0 Å². The summed E-state index contributed by atoms with van der Waals surface area (Å²) in [6.45, 7) is 1.68. The second-order valence-electron chi connectivity index (χ2n) is 3.63. The van der Waals surface area contributed by atoms with Gasteiger partial charge in [0.15, 0.2) is 0 Å². The van der Waals surface area contributed by atoms with E-state index in [4.69, 9.17) is 27.9 Å². The molecule has 0 atom stereocenters. The molecule has 0 N–H and O–H groups in total. The van der Waals surface area contributed by atoms with Crippen molar-refractivity contribution in [3.63, 3.8) is 0 Å². The molecule has 1 aliphatic rings. The lowest BCUT2D eigenvalue weighted by Gasteiger charge is -2.28. The summed E-state index contributed by atoms with van der Waals surface area (Å²) in [5, 5.41) is -0.340. The van der Waals surface area contributed by atoms with Crippen LogP contribution in [0.4, 0.5) is 0 Å². The molecule has 96 valence electrons. The van der Waals surface area contributed by atoms with Crippen molar-refractivity contribution in [3.8, 4) is 0 Å². The topological polar surface area (TPSA) is 46.6 Å². The van der Waals surface area contributed by atoms with Crippen LogP contribution in [-0.4, -0.2) is 56.0 Å². The highest BCUT2D eigenvalue weighted by atomic mass is 35.5. The zero-order valence-corrected chi connectivity index (χ0v) is 11.4. The molecule has 0 unspecified atom stereocenters. The Morgan fingerprint density at radius 1 is 1.12 bits per heavy atom. The van der Waals surface area contributed by atoms with E-state index in [2.05, 4.69) is 0 Å². The molecule has 1 rings (SSSR count).